The van der Waals surface area contributed by atoms with Crippen molar-refractivity contribution in [3.8, 4) is 0 Å². The number of nitrogens with zero attached hydrogens (tertiary/aromatic N) is 2. The topological polar surface area (TPSA) is 63.1 Å². The van der Waals surface area contributed by atoms with Crippen molar-refractivity contribution in [2.24, 2.45) is 0 Å². The smallest absolute Gasteiger partial charge is 0.303 e. The zero-order valence-corrected chi connectivity index (χ0v) is 18.2. The SMILES string of the molecule is CCCCCCCCCCCCCCCC(=O)O.Cc1cnc(C)c(C)n1. The van der Waals surface area contributed by atoms with Crippen LogP contribution in [0.5, 0.6) is 0 Å². The number of aryl methyl sites for hydroxylation is 3. The zero-order valence-electron chi connectivity index (χ0n) is 18.2. The molecule has 1 N–H and O–H groups in total. The van der Waals surface area contributed by atoms with E-state index >= 15 is 0 Å². The normalized spacial score (nSPS) is 10.4. The maximum Gasteiger partial charge on any atom is 0.303 e. The van der Waals surface area contributed by atoms with Gasteiger partial charge in [-0.2, -0.15) is 0 Å². The first-order chi connectivity index (χ1) is 13.0. The second kappa shape index (κ2) is 17.9. The Labute approximate surface area is 167 Å². The molecule has 27 heavy (non-hydrogen) atoms. The number of unbranched alkanes of at least 4 members (excludes halogenated alkanes) is 12. The number of rotatable bonds is 14. The highest BCUT2D eigenvalue weighted by molar-refractivity contribution is 5.66. The predicted octanol–water partition coefficient (Wildman–Crippen LogP) is 6.95. The summed E-state index contributed by atoms with van der Waals surface area (Å²) in [6.45, 7) is 8.13. The van der Waals surface area contributed by atoms with Gasteiger partial charge in [0.1, 0.15) is 0 Å². The highest BCUT2D eigenvalue weighted by Gasteiger charge is 1.97. The molecule has 1 rings (SSSR count). The highest BCUT2D eigenvalue weighted by atomic mass is 16.4. The van der Waals surface area contributed by atoms with Crippen LogP contribution in [0, 0.1) is 20.8 Å². The molecular formula is C23H42N2O2. The van der Waals surface area contributed by atoms with E-state index in [0.717, 1.165) is 29.9 Å². The predicted molar refractivity (Wildman–Crippen MR) is 114 cm³/mol. The molecule has 4 heteroatoms. The zero-order chi connectivity index (χ0) is 20.3. The van der Waals surface area contributed by atoms with Gasteiger partial charge in [0.25, 0.3) is 0 Å². The first-order valence-electron chi connectivity index (χ1n) is 11.0. The van der Waals surface area contributed by atoms with Gasteiger partial charge < -0.3 is 5.11 Å². The molecule has 0 unspecified atom stereocenters. The fraction of sp³-hybridized carbons (Fsp3) is 0.783. The number of hydrogen-bond acceptors (Lipinski definition) is 3. The van der Waals surface area contributed by atoms with Crippen molar-refractivity contribution in [1.29, 1.82) is 0 Å². The molecule has 1 heterocycles. The number of carboxylic acids is 1. The van der Waals surface area contributed by atoms with Crippen LogP contribution < -0.4 is 0 Å². The Bertz CT molecular complexity index is 489. The molecule has 0 bridgehead atoms. The van der Waals surface area contributed by atoms with E-state index in [-0.39, 0.29) is 0 Å². The Kier molecular flexibility index (Phi) is 17.0. The third-order valence-corrected chi connectivity index (χ3v) is 4.81. The van der Waals surface area contributed by atoms with E-state index in [4.69, 9.17) is 5.11 Å². The number of carbonyl (C=O) groups is 1. The van der Waals surface area contributed by atoms with Gasteiger partial charge in [-0.3, -0.25) is 14.8 Å². The van der Waals surface area contributed by atoms with Crippen molar-refractivity contribution < 1.29 is 9.90 Å². The Hall–Kier alpha value is -1.45. The van der Waals surface area contributed by atoms with E-state index in [1.807, 2.05) is 20.8 Å². The third kappa shape index (κ3) is 17.7. The second-order valence-electron chi connectivity index (χ2n) is 7.57. The average molecular weight is 379 g/mol. The van der Waals surface area contributed by atoms with Crippen molar-refractivity contribution in [3.05, 3.63) is 23.3 Å². The van der Waals surface area contributed by atoms with Crippen LogP contribution in [0.25, 0.3) is 0 Å². The van der Waals surface area contributed by atoms with Crippen LogP contribution in [-0.2, 0) is 4.79 Å². The lowest BCUT2D eigenvalue weighted by atomic mass is 10.0. The van der Waals surface area contributed by atoms with Gasteiger partial charge in [-0.15, -0.1) is 0 Å². The summed E-state index contributed by atoms with van der Waals surface area (Å²) in [5.74, 6) is -0.655. The standard InChI is InChI=1S/C16H32O2.C7H10N2/c1-2-3-4-5-6-7-8-9-10-11-12-13-14-15-16(17)18;1-5-4-8-6(2)7(3)9-5/h2-15H2,1H3,(H,17,18);4H,1-3H3. The van der Waals surface area contributed by atoms with Crippen molar-refractivity contribution in [2.75, 3.05) is 0 Å². The lowest BCUT2D eigenvalue weighted by Crippen LogP contribution is -1.93. The summed E-state index contributed by atoms with van der Waals surface area (Å²) in [7, 11) is 0. The summed E-state index contributed by atoms with van der Waals surface area (Å²) >= 11 is 0. The van der Waals surface area contributed by atoms with Crippen LogP contribution in [0.15, 0.2) is 6.20 Å². The van der Waals surface area contributed by atoms with E-state index < -0.39 is 5.97 Å². The summed E-state index contributed by atoms with van der Waals surface area (Å²) in [5.41, 5.74) is 3.02. The van der Waals surface area contributed by atoms with Crippen LogP contribution >= 0.6 is 0 Å². The monoisotopic (exact) mass is 378 g/mol. The molecule has 156 valence electrons. The lowest BCUT2D eigenvalue weighted by Gasteiger charge is -2.02. The van der Waals surface area contributed by atoms with Gasteiger partial charge in [0.2, 0.25) is 0 Å². The van der Waals surface area contributed by atoms with E-state index in [9.17, 15) is 4.79 Å². The van der Waals surface area contributed by atoms with Crippen LogP contribution in [0.4, 0.5) is 0 Å². The van der Waals surface area contributed by atoms with Crippen molar-refractivity contribution in [2.45, 2.75) is 118 Å². The minimum atomic E-state index is -0.655. The molecular weight excluding hydrogens is 336 g/mol. The Morgan fingerprint density at radius 2 is 1.22 bits per heavy atom. The van der Waals surface area contributed by atoms with Gasteiger partial charge in [-0.05, 0) is 27.2 Å². The lowest BCUT2D eigenvalue weighted by molar-refractivity contribution is -0.137. The van der Waals surface area contributed by atoms with Crippen molar-refractivity contribution in [3.63, 3.8) is 0 Å². The van der Waals surface area contributed by atoms with Crippen molar-refractivity contribution in [1.82, 2.24) is 9.97 Å². The van der Waals surface area contributed by atoms with Gasteiger partial charge in [0.15, 0.2) is 0 Å². The summed E-state index contributed by atoms with van der Waals surface area (Å²) in [5, 5.41) is 8.49. The molecule has 0 atom stereocenters. The number of carboxylic acid groups (broad SMARTS) is 1. The highest BCUT2D eigenvalue weighted by Crippen LogP contribution is 2.12. The molecule has 0 aliphatic heterocycles. The van der Waals surface area contributed by atoms with Crippen LogP contribution in [0.1, 0.15) is 114 Å². The molecule has 0 aromatic carbocycles. The molecule has 4 nitrogen and oxygen atoms in total. The number of hydrogen-bond donors (Lipinski definition) is 1. The molecule has 0 aliphatic rings. The first kappa shape index (κ1) is 25.6. The Morgan fingerprint density at radius 1 is 0.778 bits per heavy atom. The van der Waals surface area contributed by atoms with Gasteiger partial charge in [0.05, 0.1) is 17.1 Å². The summed E-state index contributed by atoms with van der Waals surface area (Å²) < 4.78 is 0. The van der Waals surface area contributed by atoms with Gasteiger partial charge >= 0.3 is 5.97 Å². The van der Waals surface area contributed by atoms with E-state index in [1.54, 1.807) is 6.20 Å². The van der Waals surface area contributed by atoms with Crippen LogP contribution in [0.2, 0.25) is 0 Å². The molecule has 0 fully saturated rings. The van der Waals surface area contributed by atoms with E-state index in [1.165, 1.54) is 70.6 Å². The molecule has 0 saturated heterocycles. The molecule has 1 aromatic heterocycles. The Balaban J connectivity index is 0.000000621. The number of aromatic nitrogens is 2. The molecule has 0 amide bonds. The maximum absolute atomic E-state index is 10.3. The fourth-order valence-electron chi connectivity index (χ4n) is 2.95. The average Bonchev–Trinajstić information content (AvgIpc) is 2.63. The Morgan fingerprint density at radius 3 is 1.59 bits per heavy atom. The largest absolute Gasteiger partial charge is 0.481 e. The van der Waals surface area contributed by atoms with Gasteiger partial charge in [-0.25, -0.2) is 0 Å². The summed E-state index contributed by atoms with van der Waals surface area (Å²) in [4.78, 5) is 18.6. The van der Waals surface area contributed by atoms with Gasteiger partial charge in [0, 0.05) is 12.6 Å². The summed E-state index contributed by atoms with van der Waals surface area (Å²) in [6.07, 6.45) is 19.0. The number of aliphatic carboxylic acids is 1. The van der Waals surface area contributed by atoms with Crippen LogP contribution in [-0.4, -0.2) is 21.0 Å². The minimum absolute atomic E-state index is 0.345. The first-order valence-corrected chi connectivity index (χ1v) is 11.0. The quantitative estimate of drug-likeness (QED) is 0.356. The summed E-state index contributed by atoms with van der Waals surface area (Å²) in [6, 6.07) is 0. The van der Waals surface area contributed by atoms with E-state index in [0.29, 0.717) is 6.42 Å². The molecule has 0 aliphatic carbocycles. The minimum Gasteiger partial charge on any atom is -0.481 e. The molecule has 0 saturated carbocycles. The third-order valence-electron chi connectivity index (χ3n) is 4.81. The fourth-order valence-corrected chi connectivity index (χ4v) is 2.95. The molecule has 1 aromatic rings. The van der Waals surface area contributed by atoms with Crippen LogP contribution in [0.3, 0.4) is 0 Å². The molecule has 0 spiro atoms. The second-order valence-corrected chi connectivity index (χ2v) is 7.57. The van der Waals surface area contributed by atoms with Crippen molar-refractivity contribution >= 4 is 5.97 Å². The molecule has 0 radical (unpaired) electrons. The maximum atomic E-state index is 10.3. The van der Waals surface area contributed by atoms with E-state index in [2.05, 4.69) is 16.9 Å². The van der Waals surface area contributed by atoms with Gasteiger partial charge in [-0.1, -0.05) is 84.0 Å².